The second-order valence-electron chi connectivity index (χ2n) is 7.34. The van der Waals surface area contributed by atoms with E-state index in [1.807, 2.05) is 48.5 Å². The summed E-state index contributed by atoms with van der Waals surface area (Å²) in [5.41, 5.74) is 0.586. The van der Waals surface area contributed by atoms with Crippen LogP contribution in [0, 0.1) is 0 Å². The van der Waals surface area contributed by atoms with E-state index in [0.717, 1.165) is 34.9 Å². The number of benzene rings is 3. The summed E-state index contributed by atoms with van der Waals surface area (Å²) in [7, 11) is 0. The molecule has 29 heavy (non-hydrogen) atoms. The van der Waals surface area contributed by atoms with Gasteiger partial charge in [0.15, 0.2) is 0 Å². The summed E-state index contributed by atoms with van der Waals surface area (Å²) in [4.78, 5) is 16.0. The standard InChI is InChI=1S/C25H25NO2S/c1-2-3-4-13-24(27)26(17-20-16-19-10-6-8-12-23(19)29-20)22-15-14-18-9-5-7-11-21(18)25(22)28/h5-12,14-16,28H,2-4,13,17H2,1H3. The molecule has 148 valence electrons. The van der Waals surface area contributed by atoms with E-state index in [9.17, 15) is 9.90 Å². The fourth-order valence-electron chi connectivity index (χ4n) is 3.70. The lowest BCUT2D eigenvalue weighted by Crippen LogP contribution is -2.30. The van der Waals surface area contributed by atoms with Gasteiger partial charge in [0.25, 0.3) is 0 Å². The number of phenolic OH excluding ortho intramolecular Hbond substituents is 1. The second-order valence-corrected chi connectivity index (χ2v) is 8.51. The Kier molecular flexibility index (Phi) is 5.81. The molecule has 0 aliphatic heterocycles. The number of aromatic hydroxyl groups is 1. The van der Waals surface area contributed by atoms with Crippen molar-refractivity contribution in [2.45, 2.75) is 39.2 Å². The monoisotopic (exact) mass is 403 g/mol. The molecule has 3 aromatic carbocycles. The van der Waals surface area contributed by atoms with Gasteiger partial charge < -0.3 is 10.0 Å². The lowest BCUT2D eigenvalue weighted by Gasteiger charge is -2.24. The SMILES string of the molecule is CCCCCC(=O)N(Cc1cc2ccccc2s1)c1ccc2ccccc2c1O. The highest BCUT2D eigenvalue weighted by atomic mass is 32.1. The third-order valence-electron chi connectivity index (χ3n) is 5.26. The minimum Gasteiger partial charge on any atom is -0.505 e. The number of fused-ring (bicyclic) bond motifs is 2. The first-order chi connectivity index (χ1) is 14.2. The quantitative estimate of drug-likeness (QED) is 0.342. The number of nitrogens with zero attached hydrogens (tertiary/aromatic N) is 1. The van der Waals surface area contributed by atoms with Crippen LogP contribution in [-0.2, 0) is 11.3 Å². The number of carbonyl (C=O) groups excluding carboxylic acids is 1. The molecule has 0 bridgehead atoms. The average molecular weight is 404 g/mol. The maximum absolute atomic E-state index is 13.1. The number of unbranched alkanes of at least 4 members (excludes halogenated alkanes) is 2. The normalized spacial score (nSPS) is 11.2. The fourth-order valence-corrected chi connectivity index (χ4v) is 4.75. The molecule has 1 amide bonds. The molecule has 4 rings (SSSR count). The molecule has 4 heteroatoms. The molecule has 0 radical (unpaired) electrons. The van der Waals surface area contributed by atoms with Crippen LogP contribution in [0.15, 0.2) is 66.7 Å². The van der Waals surface area contributed by atoms with Gasteiger partial charge in [-0.05, 0) is 35.4 Å². The van der Waals surface area contributed by atoms with Gasteiger partial charge in [-0.1, -0.05) is 68.3 Å². The summed E-state index contributed by atoms with van der Waals surface area (Å²) >= 11 is 1.70. The Bertz CT molecular complexity index is 1110. The van der Waals surface area contributed by atoms with Gasteiger partial charge in [0, 0.05) is 21.4 Å². The number of phenols is 1. The van der Waals surface area contributed by atoms with Crippen LogP contribution in [0.2, 0.25) is 0 Å². The summed E-state index contributed by atoms with van der Waals surface area (Å²) in [6, 6.07) is 22.0. The van der Waals surface area contributed by atoms with Crippen LogP contribution in [0.5, 0.6) is 5.75 Å². The Morgan fingerprint density at radius 1 is 0.966 bits per heavy atom. The smallest absolute Gasteiger partial charge is 0.227 e. The molecule has 0 aliphatic rings. The summed E-state index contributed by atoms with van der Waals surface area (Å²) in [5.74, 6) is 0.231. The Morgan fingerprint density at radius 2 is 1.72 bits per heavy atom. The lowest BCUT2D eigenvalue weighted by atomic mass is 10.1. The van der Waals surface area contributed by atoms with Crippen molar-refractivity contribution in [1.29, 1.82) is 0 Å². The van der Waals surface area contributed by atoms with Gasteiger partial charge in [-0.3, -0.25) is 4.79 Å². The molecule has 0 saturated heterocycles. The van der Waals surface area contributed by atoms with Crippen molar-refractivity contribution in [1.82, 2.24) is 0 Å². The maximum Gasteiger partial charge on any atom is 0.227 e. The summed E-state index contributed by atoms with van der Waals surface area (Å²) in [6.07, 6.45) is 3.47. The van der Waals surface area contributed by atoms with Gasteiger partial charge in [-0.25, -0.2) is 0 Å². The van der Waals surface area contributed by atoms with Gasteiger partial charge >= 0.3 is 0 Å². The molecule has 0 saturated carbocycles. The maximum atomic E-state index is 13.1. The van der Waals surface area contributed by atoms with Crippen molar-refractivity contribution in [3.05, 3.63) is 71.6 Å². The molecule has 1 N–H and O–H groups in total. The number of hydrogen-bond acceptors (Lipinski definition) is 3. The molecule has 0 aliphatic carbocycles. The second kappa shape index (κ2) is 8.66. The number of rotatable bonds is 7. The van der Waals surface area contributed by atoms with Gasteiger partial charge in [0.05, 0.1) is 12.2 Å². The van der Waals surface area contributed by atoms with Gasteiger partial charge in [-0.2, -0.15) is 0 Å². The largest absolute Gasteiger partial charge is 0.505 e. The number of hydrogen-bond donors (Lipinski definition) is 1. The van der Waals surface area contributed by atoms with Crippen LogP contribution in [0.4, 0.5) is 5.69 Å². The van der Waals surface area contributed by atoms with Crippen molar-refractivity contribution in [3.63, 3.8) is 0 Å². The van der Waals surface area contributed by atoms with Gasteiger partial charge in [0.2, 0.25) is 5.91 Å². The fraction of sp³-hybridized carbons (Fsp3) is 0.240. The minimum absolute atomic E-state index is 0.0569. The van der Waals surface area contributed by atoms with Gasteiger partial charge in [0.1, 0.15) is 5.75 Å². The average Bonchev–Trinajstić information content (AvgIpc) is 3.15. The Balaban J connectivity index is 1.71. The summed E-state index contributed by atoms with van der Waals surface area (Å²) in [6.45, 7) is 2.60. The molecule has 0 unspecified atom stereocenters. The van der Waals surface area contributed by atoms with Crippen molar-refractivity contribution in [3.8, 4) is 5.75 Å². The van der Waals surface area contributed by atoms with Crippen LogP contribution < -0.4 is 4.90 Å². The Hall–Kier alpha value is -2.85. The van der Waals surface area contributed by atoms with E-state index >= 15 is 0 Å². The number of anilines is 1. The zero-order valence-electron chi connectivity index (χ0n) is 16.6. The molecule has 0 fully saturated rings. The summed E-state index contributed by atoms with van der Waals surface area (Å²) in [5, 5.41) is 13.9. The third kappa shape index (κ3) is 4.13. The van der Waals surface area contributed by atoms with E-state index < -0.39 is 0 Å². The van der Waals surface area contributed by atoms with E-state index in [1.165, 1.54) is 10.1 Å². The number of carbonyl (C=O) groups is 1. The van der Waals surface area contributed by atoms with Crippen molar-refractivity contribution in [2.75, 3.05) is 4.90 Å². The third-order valence-corrected chi connectivity index (χ3v) is 6.36. The predicted molar refractivity (Wildman–Crippen MR) is 123 cm³/mol. The van der Waals surface area contributed by atoms with Gasteiger partial charge in [-0.15, -0.1) is 11.3 Å². The predicted octanol–water partition coefficient (Wildman–Crippen LogP) is 6.87. The Morgan fingerprint density at radius 3 is 2.52 bits per heavy atom. The summed E-state index contributed by atoms with van der Waals surface area (Å²) < 4.78 is 1.21. The Labute approximate surface area is 175 Å². The number of thiophene rings is 1. The molecular weight excluding hydrogens is 378 g/mol. The van der Waals surface area contributed by atoms with E-state index in [0.29, 0.717) is 18.7 Å². The van der Waals surface area contributed by atoms with E-state index in [2.05, 4.69) is 25.1 Å². The van der Waals surface area contributed by atoms with Crippen LogP contribution in [0.25, 0.3) is 20.9 Å². The topological polar surface area (TPSA) is 40.5 Å². The zero-order valence-corrected chi connectivity index (χ0v) is 17.4. The molecule has 3 nitrogen and oxygen atoms in total. The first-order valence-corrected chi connectivity index (χ1v) is 11.0. The first-order valence-electron chi connectivity index (χ1n) is 10.2. The number of amides is 1. The highest BCUT2D eigenvalue weighted by molar-refractivity contribution is 7.19. The highest BCUT2D eigenvalue weighted by Gasteiger charge is 2.21. The first kappa shape index (κ1) is 19.5. The molecule has 1 heterocycles. The van der Waals surface area contributed by atoms with E-state index in [-0.39, 0.29) is 11.7 Å². The zero-order chi connectivity index (χ0) is 20.2. The molecule has 1 aromatic heterocycles. The highest BCUT2D eigenvalue weighted by Crippen LogP contribution is 2.37. The van der Waals surface area contributed by atoms with Crippen LogP contribution in [0.1, 0.15) is 37.5 Å². The van der Waals surface area contributed by atoms with Crippen LogP contribution >= 0.6 is 11.3 Å². The van der Waals surface area contributed by atoms with Crippen molar-refractivity contribution >= 4 is 43.8 Å². The molecule has 0 spiro atoms. The minimum atomic E-state index is 0.0569. The lowest BCUT2D eigenvalue weighted by molar-refractivity contribution is -0.118. The molecule has 4 aromatic rings. The van der Waals surface area contributed by atoms with E-state index in [4.69, 9.17) is 0 Å². The van der Waals surface area contributed by atoms with Crippen LogP contribution in [-0.4, -0.2) is 11.0 Å². The van der Waals surface area contributed by atoms with Crippen molar-refractivity contribution < 1.29 is 9.90 Å². The van der Waals surface area contributed by atoms with Crippen LogP contribution in [0.3, 0.4) is 0 Å². The van der Waals surface area contributed by atoms with Crippen molar-refractivity contribution in [2.24, 2.45) is 0 Å². The van der Waals surface area contributed by atoms with E-state index in [1.54, 1.807) is 16.2 Å². The molecular formula is C25H25NO2S. The molecule has 0 atom stereocenters.